The highest BCUT2D eigenvalue weighted by molar-refractivity contribution is 6.02. The average molecular weight is 416 g/mol. The SMILES string of the molecule is CC(C)C(NC(=O)c1ccc(C(C)(C)C)cc1)C(=O)NCCCN1C(=O)CCC1=O. The molecule has 1 unspecified atom stereocenters. The van der Waals surface area contributed by atoms with Crippen molar-refractivity contribution in [3.8, 4) is 0 Å². The first-order valence-electron chi connectivity index (χ1n) is 10.5. The van der Waals surface area contributed by atoms with Crippen LogP contribution in [0.15, 0.2) is 24.3 Å². The fourth-order valence-corrected chi connectivity index (χ4v) is 3.31. The predicted octanol–water partition coefficient (Wildman–Crippen LogP) is 2.39. The number of carbonyl (C=O) groups is 4. The van der Waals surface area contributed by atoms with E-state index in [-0.39, 0.29) is 47.8 Å². The Balaban J connectivity index is 1.88. The highest BCUT2D eigenvalue weighted by atomic mass is 16.2. The van der Waals surface area contributed by atoms with Gasteiger partial charge in [0.15, 0.2) is 0 Å². The summed E-state index contributed by atoms with van der Waals surface area (Å²) in [5.74, 6) is -0.974. The van der Waals surface area contributed by atoms with Gasteiger partial charge in [-0.15, -0.1) is 0 Å². The van der Waals surface area contributed by atoms with Crippen molar-refractivity contribution >= 4 is 23.6 Å². The minimum atomic E-state index is -0.671. The van der Waals surface area contributed by atoms with E-state index in [1.165, 1.54) is 4.90 Å². The highest BCUT2D eigenvalue weighted by Gasteiger charge is 2.28. The molecule has 1 aliphatic heterocycles. The molecule has 0 radical (unpaired) electrons. The van der Waals surface area contributed by atoms with Crippen LogP contribution in [0, 0.1) is 5.92 Å². The third-order valence-corrected chi connectivity index (χ3v) is 5.26. The molecular formula is C23H33N3O4. The standard InChI is InChI=1S/C23H33N3O4/c1-15(2)20(22(30)24-13-6-14-26-18(27)11-12-19(26)28)25-21(29)16-7-9-17(10-8-16)23(3,4)5/h7-10,15,20H,6,11-14H2,1-5H3,(H,24,30)(H,25,29). The molecule has 7 nitrogen and oxygen atoms in total. The van der Waals surface area contributed by atoms with E-state index in [1.807, 2.05) is 26.0 Å². The molecule has 1 saturated heterocycles. The molecule has 1 aliphatic rings. The van der Waals surface area contributed by atoms with Crippen LogP contribution in [0.5, 0.6) is 0 Å². The summed E-state index contributed by atoms with van der Waals surface area (Å²) in [5.41, 5.74) is 1.64. The largest absolute Gasteiger partial charge is 0.354 e. The number of benzene rings is 1. The smallest absolute Gasteiger partial charge is 0.251 e. The van der Waals surface area contributed by atoms with Gasteiger partial charge in [-0.1, -0.05) is 46.8 Å². The summed E-state index contributed by atoms with van der Waals surface area (Å²) < 4.78 is 0. The summed E-state index contributed by atoms with van der Waals surface area (Å²) in [5, 5.41) is 5.62. The van der Waals surface area contributed by atoms with Crippen LogP contribution in [-0.2, 0) is 19.8 Å². The van der Waals surface area contributed by atoms with Crippen molar-refractivity contribution in [2.24, 2.45) is 5.92 Å². The third-order valence-electron chi connectivity index (χ3n) is 5.26. The molecule has 164 valence electrons. The number of rotatable bonds is 8. The Morgan fingerprint density at radius 1 is 1.03 bits per heavy atom. The summed E-state index contributed by atoms with van der Waals surface area (Å²) in [6, 6.07) is 6.74. The van der Waals surface area contributed by atoms with E-state index in [0.29, 0.717) is 25.1 Å². The van der Waals surface area contributed by atoms with Crippen LogP contribution >= 0.6 is 0 Å². The maximum atomic E-state index is 12.6. The van der Waals surface area contributed by atoms with E-state index in [4.69, 9.17) is 0 Å². The molecule has 0 spiro atoms. The normalized spacial score (nSPS) is 15.5. The van der Waals surface area contributed by atoms with Crippen molar-refractivity contribution in [3.05, 3.63) is 35.4 Å². The summed E-state index contributed by atoms with van der Waals surface area (Å²) >= 11 is 0. The maximum absolute atomic E-state index is 12.6. The minimum absolute atomic E-state index is 0.000343. The van der Waals surface area contributed by atoms with E-state index in [2.05, 4.69) is 31.4 Å². The number of nitrogens with one attached hydrogen (secondary N) is 2. The van der Waals surface area contributed by atoms with Crippen LogP contribution < -0.4 is 10.6 Å². The minimum Gasteiger partial charge on any atom is -0.354 e. The molecule has 2 N–H and O–H groups in total. The summed E-state index contributed by atoms with van der Waals surface area (Å²) in [6.07, 6.45) is 1.02. The van der Waals surface area contributed by atoms with Crippen molar-refractivity contribution in [2.45, 2.75) is 65.3 Å². The average Bonchev–Trinajstić information content (AvgIpc) is 3.00. The van der Waals surface area contributed by atoms with E-state index < -0.39 is 6.04 Å². The predicted molar refractivity (Wildman–Crippen MR) is 115 cm³/mol. The van der Waals surface area contributed by atoms with Crippen LogP contribution in [0.2, 0.25) is 0 Å². The van der Waals surface area contributed by atoms with Gasteiger partial charge in [0.2, 0.25) is 17.7 Å². The molecule has 0 aromatic heterocycles. The van der Waals surface area contributed by atoms with Gasteiger partial charge in [-0.05, 0) is 35.4 Å². The Morgan fingerprint density at radius 2 is 1.60 bits per heavy atom. The Hall–Kier alpha value is -2.70. The number of nitrogens with zero attached hydrogens (tertiary/aromatic N) is 1. The Morgan fingerprint density at radius 3 is 2.10 bits per heavy atom. The van der Waals surface area contributed by atoms with Gasteiger partial charge in [-0.3, -0.25) is 24.1 Å². The van der Waals surface area contributed by atoms with Crippen molar-refractivity contribution in [3.63, 3.8) is 0 Å². The lowest BCUT2D eigenvalue weighted by atomic mass is 9.86. The number of likely N-dealkylation sites (tertiary alicyclic amines) is 1. The Labute approximate surface area is 178 Å². The van der Waals surface area contributed by atoms with Gasteiger partial charge in [0.05, 0.1) is 0 Å². The molecule has 2 rings (SSSR count). The molecule has 1 fully saturated rings. The lowest BCUT2D eigenvalue weighted by molar-refractivity contribution is -0.138. The van der Waals surface area contributed by atoms with Crippen LogP contribution in [0.1, 0.15) is 69.8 Å². The molecule has 0 bridgehead atoms. The molecule has 4 amide bonds. The molecule has 30 heavy (non-hydrogen) atoms. The van der Waals surface area contributed by atoms with Crippen LogP contribution in [0.4, 0.5) is 0 Å². The first-order valence-corrected chi connectivity index (χ1v) is 10.5. The van der Waals surface area contributed by atoms with Crippen molar-refractivity contribution in [2.75, 3.05) is 13.1 Å². The second kappa shape index (κ2) is 9.87. The summed E-state index contributed by atoms with van der Waals surface area (Å²) in [4.78, 5) is 49.7. The van der Waals surface area contributed by atoms with Gasteiger partial charge in [0.1, 0.15) is 6.04 Å². The monoisotopic (exact) mass is 415 g/mol. The van der Waals surface area contributed by atoms with Crippen molar-refractivity contribution in [1.29, 1.82) is 0 Å². The molecular weight excluding hydrogens is 382 g/mol. The van der Waals surface area contributed by atoms with Gasteiger partial charge in [0, 0.05) is 31.5 Å². The van der Waals surface area contributed by atoms with Crippen molar-refractivity contribution in [1.82, 2.24) is 15.5 Å². The maximum Gasteiger partial charge on any atom is 0.251 e. The zero-order valence-corrected chi connectivity index (χ0v) is 18.6. The summed E-state index contributed by atoms with van der Waals surface area (Å²) in [7, 11) is 0. The molecule has 1 aromatic carbocycles. The molecule has 0 aliphatic carbocycles. The van der Waals surface area contributed by atoms with Gasteiger partial charge in [-0.2, -0.15) is 0 Å². The van der Waals surface area contributed by atoms with Gasteiger partial charge in [-0.25, -0.2) is 0 Å². The number of imide groups is 1. The topological polar surface area (TPSA) is 95.6 Å². The Kier molecular flexibility index (Phi) is 7.76. The molecule has 0 saturated carbocycles. The first-order chi connectivity index (χ1) is 14.0. The molecule has 7 heteroatoms. The zero-order chi connectivity index (χ0) is 22.5. The van der Waals surface area contributed by atoms with Gasteiger partial charge in [0.25, 0.3) is 5.91 Å². The lowest BCUT2D eigenvalue weighted by Gasteiger charge is -2.23. The lowest BCUT2D eigenvalue weighted by Crippen LogP contribution is -2.50. The van der Waals surface area contributed by atoms with E-state index in [0.717, 1.165) is 5.56 Å². The number of carbonyl (C=O) groups excluding carboxylic acids is 4. The molecule has 1 heterocycles. The zero-order valence-electron chi connectivity index (χ0n) is 18.6. The third kappa shape index (κ3) is 6.15. The quantitative estimate of drug-likeness (QED) is 0.503. The fraction of sp³-hybridized carbons (Fsp3) is 0.565. The number of amides is 4. The Bertz CT molecular complexity index is 778. The first kappa shape index (κ1) is 23.6. The molecule has 1 aromatic rings. The highest BCUT2D eigenvalue weighted by Crippen LogP contribution is 2.22. The second-order valence-corrected chi connectivity index (χ2v) is 9.11. The van der Waals surface area contributed by atoms with Gasteiger partial charge < -0.3 is 10.6 Å². The molecule has 1 atom stereocenters. The van der Waals surface area contributed by atoms with E-state index in [1.54, 1.807) is 12.1 Å². The second-order valence-electron chi connectivity index (χ2n) is 9.11. The van der Waals surface area contributed by atoms with Crippen LogP contribution in [0.3, 0.4) is 0 Å². The van der Waals surface area contributed by atoms with E-state index in [9.17, 15) is 19.2 Å². The number of hydrogen-bond acceptors (Lipinski definition) is 4. The number of hydrogen-bond donors (Lipinski definition) is 2. The van der Waals surface area contributed by atoms with Crippen molar-refractivity contribution < 1.29 is 19.2 Å². The van der Waals surface area contributed by atoms with Gasteiger partial charge >= 0.3 is 0 Å². The summed E-state index contributed by atoms with van der Waals surface area (Å²) in [6.45, 7) is 10.7. The fourth-order valence-electron chi connectivity index (χ4n) is 3.31. The van der Waals surface area contributed by atoms with E-state index >= 15 is 0 Å². The van der Waals surface area contributed by atoms with Crippen LogP contribution in [-0.4, -0.2) is 47.7 Å². The van der Waals surface area contributed by atoms with Crippen LogP contribution in [0.25, 0.3) is 0 Å².